The molecule has 9 nitrogen and oxygen atoms in total. The fourth-order valence-electron chi connectivity index (χ4n) is 5.99. The predicted octanol–water partition coefficient (Wildman–Crippen LogP) is 3.57. The van der Waals surface area contributed by atoms with E-state index in [0.29, 0.717) is 18.4 Å². The summed E-state index contributed by atoms with van der Waals surface area (Å²) in [5.41, 5.74) is 2.30. The maximum atomic E-state index is 13.5. The van der Waals surface area contributed by atoms with Gasteiger partial charge in [-0.25, -0.2) is 4.98 Å². The van der Waals surface area contributed by atoms with Crippen LogP contribution in [0.25, 0.3) is 11.3 Å². The highest BCUT2D eigenvalue weighted by molar-refractivity contribution is 7.59. The van der Waals surface area contributed by atoms with Crippen molar-refractivity contribution in [2.24, 2.45) is 11.8 Å². The van der Waals surface area contributed by atoms with E-state index < -0.39 is 0 Å². The van der Waals surface area contributed by atoms with E-state index in [2.05, 4.69) is 85.7 Å². The van der Waals surface area contributed by atoms with E-state index in [9.17, 15) is 4.79 Å². The van der Waals surface area contributed by atoms with Gasteiger partial charge in [0.2, 0.25) is 5.91 Å². The molecule has 5 rings (SSSR count). The fourth-order valence-corrected chi connectivity index (χ4v) is 5.99. The molecule has 1 aromatic carbocycles. The largest absolute Gasteiger partial charge is 0.494 e. The zero-order valence-electron chi connectivity index (χ0n) is 25.0. The van der Waals surface area contributed by atoms with Crippen molar-refractivity contribution in [1.82, 2.24) is 20.2 Å². The smallest absolute Gasteiger partial charge is 0.471 e. The number of aromatic nitrogens is 2. The van der Waals surface area contributed by atoms with Gasteiger partial charge in [-0.15, -0.1) is 0 Å². The number of H-pyrrole nitrogens is 1. The number of hydrogen-bond acceptors (Lipinski definition) is 7. The Hall–Kier alpha value is -2.34. The number of nitrogens with one attached hydrogen (secondary N) is 2. The summed E-state index contributed by atoms with van der Waals surface area (Å²) in [5, 5.41) is 3.24. The SMILES string of the molecule is CNC(C(=O)N1C2CCC(C2)C1c1ncc(-c2ccc(B3OC(C)(C)C(C)(C)O3)cc2)[nH]1)C(C)C.COC=O.S. The van der Waals surface area contributed by atoms with E-state index in [1.807, 2.05) is 13.2 Å². The molecule has 2 N–H and O–H groups in total. The van der Waals surface area contributed by atoms with Gasteiger partial charge >= 0.3 is 7.12 Å². The molecule has 3 aliphatic rings. The van der Waals surface area contributed by atoms with E-state index in [1.165, 1.54) is 7.11 Å². The van der Waals surface area contributed by atoms with Crippen molar-refractivity contribution in [2.45, 2.75) is 90.1 Å². The number of methoxy groups -OCH3 is 1. The Labute approximate surface area is 245 Å². The van der Waals surface area contributed by atoms with Gasteiger partial charge in [0.15, 0.2) is 0 Å². The number of amides is 1. The predicted molar refractivity (Wildman–Crippen MR) is 162 cm³/mol. The molecular weight excluding hydrogens is 527 g/mol. The van der Waals surface area contributed by atoms with Crippen LogP contribution in [0.2, 0.25) is 0 Å². The maximum absolute atomic E-state index is 13.5. The molecule has 1 aliphatic carbocycles. The van der Waals surface area contributed by atoms with Crippen LogP contribution < -0.4 is 10.8 Å². The number of likely N-dealkylation sites (N-methyl/N-ethyl adjacent to an activating group) is 1. The third-order valence-electron chi connectivity index (χ3n) is 8.80. The Balaban J connectivity index is 0.000000828. The second-order valence-corrected chi connectivity index (χ2v) is 12.2. The lowest BCUT2D eigenvalue weighted by atomic mass is 9.79. The number of carbonyl (C=O) groups is 2. The molecule has 2 aliphatic heterocycles. The van der Waals surface area contributed by atoms with Gasteiger partial charge in [-0.3, -0.25) is 9.59 Å². The van der Waals surface area contributed by atoms with Crippen molar-refractivity contribution >= 4 is 38.5 Å². The van der Waals surface area contributed by atoms with Crippen LogP contribution in [0, 0.1) is 11.8 Å². The number of nitrogens with zero attached hydrogens (tertiary/aromatic N) is 2. The molecule has 0 radical (unpaired) electrons. The Morgan fingerprint density at radius 3 is 2.30 bits per heavy atom. The highest BCUT2D eigenvalue weighted by Gasteiger charge is 2.52. The van der Waals surface area contributed by atoms with Gasteiger partial charge in [-0.05, 0) is 76.9 Å². The molecule has 1 aromatic heterocycles. The molecule has 11 heteroatoms. The Kier molecular flexibility index (Phi) is 10.2. The molecule has 1 saturated carbocycles. The summed E-state index contributed by atoms with van der Waals surface area (Å²) in [5.74, 6) is 1.80. The summed E-state index contributed by atoms with van der Waals surface area (Å²) >= 11 is 0. The zero-order valence-corrected chi connectivity index (χ0v) is 26.0. The summed E-state index contributed by atoms with van der Waals surface area (Å²) in [6.07, 6.45) is 5.22. The second-order valence-electron chi connectivity index (χ2n) is 12.2. The van der Waals surface area contributed by atoms with Crippen LogP contribution in [-0.4, -0.2) is 71.8 Å². The normalized spacial score (nSPS) is 24.8. The van der Waals surface area contributed by atoms with Crippen LogP contribution in [-0.2, 0) is 23.6 Å². The van der Waals surface area contributed by atoms with Gasteiger partial charge in [0, 0.05) is 6.04 Å². The van der Waals surface area contributed by atoms with Gasteiger partial charge < -0.3 is 29.2 Å². The van der Waals surface area contributed by atoms with Crippen LogP contribution in [0.15, 0.2) is 30.5 Å². The molecule has 3 heterocycles. The van der Waals surface area contributed by atoms with E-state index in [4.69, 9.17) is 19.1 Å². The molecule has 2 saturated heterocycles. The second kappa shape index (κ2) is 12.7. The maximum Gasteiger partial charge on any atom is 0.494 e. The first-order valence-electron chi connectivity index (χ1n) is 13.9. The first-order valence-corrected chi connectivity index (χ1v) is 13.9. The van der Waals surface area contributed by atoms with Crippen molar-refractivity contribution in [2.75, 3.05) is 14.2 Å². The van der Waals surface area contributed by atoms with Crippen LogP contribution in [0.1, 0.15) is 72.7 Å². The van der Waals surface area contributed by atoms with Crippen LogP contribution >= 0.6 is 13.5 Å². The van der Waals surface area contributed by atoms with E-state index in [-0.39, 0.29) is 55.7 Å². The first-order chi connectivity index (χ1) is 18.4. The molecular formula is C29H45BN4O5S. The van der Waals surface area contributed by atoms with Crippen molar-refractivity contribution in [3.8, 4) is 11.3 Å². The topological polar surface area (TPSA) is 106 Å². The van der Waals surface area contributed by atoms with Gasteiger partial charge in [-0.2, -0.15) is 13.5 Å². The van der Waals surface area contributed by atoms with Gasteiger partial charge in [0.1, 0.15) is 5.82 Å². The molecule has 4 atom stereocenters. The number of fused-ring (bicyclic) bond motifs is 2. The average molecular weight is 573 g/mol. The summed E-state index contributed by atoms with van der Waals surface area (Å²) in [7, 11) is 2.82. The van der Waals surface area contributed by atoms with Crippen molar-refractivity contribution in [3.05, 3.63) is 36.3 Å². The van der Waals surface area contributed by atoms with Crippen molar-refractivity contribution in [3.63, 3.8) is 0 Å². The van der Waals surface area contributed by atoms with Crippen LogP contribution in [0.5, 0.6) is 0 Å². The minimum Gasteiger partial charge on any atom is -0.471 e. The van der Waals surface area contributed by atoms with Gasteiger partial charge in [0.05, 0.1) is 42.3 Å². The quantitative estimate of drug-likeness (QED) is 0.386. The molecule has 2 aromatic rings. The van der Waals surface area contributed by atoms with Crippen molar-refractivity contribution in [1.29, 1.82) is 0 Å². The number of rotatable bonds is 7. The fraction of sp³-hybridized carbons (Fsp3) is 0.621. The molecule has 0 spiro atoms. The number of ether oxygens (including phenoxy) is 1. The molecule has 1 amide bonds. The van der Waals surface area contributed by atoms with E-state index in [0.717, 1.165) is 41.8 Å². The molecule has 4 unspecified atom stereocenters. The number of piperidine rings is 1. The number of carbonyl (C=O) groups excluding carboxylic acids is 2. The summed E-state index contributed by atoms with van der Waals surface area (Å²) in [4.78, 5) is 32.9. The zero-order chi connectivity index (χ0) is 28.5. The molecule has 2 bridgehead atoms. The third-order valence-corrected chi connectivity index (χ3v) is 8.80. The lowest BCUT2D eigenvalue weighted by Gasteiger charge is -2.37. The third kappa shape index (κ3) is 6.12. The highest BCUT2D eigenvalue weighted by atomic mass is 32.1. The lowest BCUT2D eigenvalue weighted by Crippen LogP contribution is -2.51. The average Bonchev–Trinajstić information content (AvgIpc) is 3.67. The minimum absolute atomic E-state index is 0. The number of hydrogen-bond donors (Lipinski definition) is 2. The van der Waals surface area contributed by atoms with Crippen LogP contribution in [0.3, 0.4) is 0 Å². The van der Waals surface area contributed by atoms with E-state index >= 15 is 0 Å². The summed E-state index contributed by atoms with van der Waals surface area (Å²) in [6, 6.07) is 8.45. The summed E-state index contributed by atoms with van der Waals surface area (Å²) < 4.78 is 16.2. The number of likely N-dealkylation sites (tertiary alicyclic amines) is 1. The standard InChI is InChI=1S/C27H39BN4O3.C2H4O2.H2S/c1-16(2)22(29-7)25(33)32-20-13-10-18(14-20)23(32)24-30-15-21(31-24)17-8-11-19(12-9-17)28-34-26(3,4)27(5,6)35-28;1-4-2-3;/h8-9,11-12,15-16,18,20,22-23,29H,10,13-14H2,1-7H3,(H,30,31);2H,1H3;1H2. The first kappa shape index (κ1) is 32.2. The van der Waals surface area contributed by atoms with Gasteiger partial charge in [0.25, 0.3) is 6.47 Å². The monoisotopic (exact) mass is 572 g/mol. The molecule has 40 heavy (non-hydrogen) atoms. The molecule has 3 fully saturated rings. The number of benzene rings is 1. The molecule has 220 valence electrons. The van der Waals surface area contributed by atoms with E-state index in [1.54, 1.807) is 0 Å². The minimum atomic E-state index is -0.374. The Morgan fingerprint density at radius 1 is 1.18 bits per heavy atom. The Morgan fingerprint density at radius 2 is 1.77 bits per heavy atom. The number of imidazole rings is 1. The van der Waals surface area contributed by atoms with Crippen molar-refractivity contribution < 1.29 is 23.6 Å². The number of aromatic amines is 1. The summed E-state index contributed by atoms with van der Waals surface area (Å²) in [6.45, 7) is 12.8. The van der Waals surface area contributed by atoms with Gasteiger partial charge in [-0.1, -0.05) is 38.1 Å². The highest BCUT2D eigenvalue weighted by Crippen LogP contribution is 2.50. The van der Waals surface area contributed by atoms with Crippen LogP contribution in [0.4, 0.5) is 0 Å². The Bertz CT molecular complexity index is 1140. The lowest BCUT2D eigenvalue weighted by molar-refractivity contribution is -0.139.